The van der Waals surface area contributed by atoms with Crippen molar-refractivity contribution in [3.8, 4) is 11.5 Å². The van der Waals surface area contributed by atoms with E-state index >= 15 is 0 Å². The third-order valence-electron chi connectivity index (χ3n) is 3.58. The van der Waals surface area contributed by atoms with Gasteiger partial charge in [-0.3, -0.25) is 0 Å². The molecular formula is C18H18ClNO. The predicted octanol–water partition coefficient (Wildman–Crippen LogP) is 5.51. The van der Waals surface area contributed by atoms with Crippen molar-refractivity contribution in [2.75, 3.05) is 11.9 Å². The smallest absolute Gasteiger partial charge is 0.127 e. The molecule has 2 nitrogen and oxygen atoms in total. The Morgan fingerprint density at radius 2 is 1.67 bits per heavy atom. The molecule has 0 bridgehead atoms. The summed E-state index contributed by atoms with van der Waals surface area (Å²) in [6.07, 6.45) is 7.02. The van der Waals surface area contributed by atoms with Crippen LogP contribution in [0.5, 0.6) is 11.5 Å². The average Bonchev–Trinajstić information content (AvgIpc) is 3.02. The van der Waals surface area contributed by atoms with Crippen LogP contribution in [-0.4, -0.2) is 6.54 Å². The molecule has 108 valence electrons. The van der Waals surface area contributed by atoms with Crippen molar-refractivity contribution >= 4 is 17.3 Å². The summed E-state index contributed by atoms with van der Waals surface area (Å²) >= 11 is 5.86. The lowest BCUT2D eigenvalue weighted by atomic mass is 10.1. The van der Waals surface area contributed by atoms with Gasteiger partial charge in [0.2, 0.25) is 0 Å². The molecule has 0 amide bonds. The van der Waals surface area contributed by atoms with Crippen molar-refractivity contribution in [2.24, 2.45) is 5.92 Å². The third kappa shape index (κ3) is 4.02. The van der Waals surface area contributed by atoms with Gasteiger partial charge in [0.15, 0.2) is 0 Å². The fourth-order valence-corrected chi connectivity index (χ4v) is 2.52. The van der Waals surface area contributed by atoms with Crippen molar-refractivity contribution in [3.63, 3.8) is 0 Å². The first-order chi connectivity index (χ1) is 10.3. The second-order valence-electron chi connectivity index (χ2n) is 5.23. The second kappa shape index (κ2) is 6.68. The van der Waals surface area contributed by atoms with Gasteiger partial charge in [0.1, 0.15) is 11.5 Å². The zero-order valence-electron chi connectivity index (χ0n) is 11.8. The average molecular weight is 300 g/mol. The number of rotatable bonds is 5. The van der Waals surface area contributed by atoms with E-state index in [2.05, 4.69) is 17.5 Å². The van der Waals surface area contributed by atoms with Crippen molar-refractivity contribution in [3.05, 3.63) is 65.7 Å². The molecule has 0 saturated carbocycles. The fraction of sp³-hybridized carbons (Fsp3) is 0.222. The Morgan fingerprint density at radius 3 is 2.29 bits per heavy atom. The van der Waals surface area contributed by atoms with Crippen LogP contribution in [0.15, 0.2) is 60.7 Å². The van der Waals surface area contributed by atoms with E-state index < -0.39 is 0 Å². The van der Waals surface area contributed by atoms with Gasteiger partial charge in [-0.1, -0.05) is 23.8 Å². The van der Waals surface area contributed by atoms with Gasteiger partial charge in [0.05, 0.1) is 0 Å². The number of benzene rings is 2. The Balaban J connectivity index is 1.55. The van der Waals surface area contributed by atoms with E-state index in [1.165, 1.54) is 12.8 Å². The lowest BCUT2D eigenvalue weighted by Gasteiger charge is -2.11. The number of ether oxygens (including phenoxy) is 1. The fourth-order valence-electron chi connectivity index (χ4n) is 2.39. The molecule has 1 aliphatic carbocycles. The minimum atomic E-state index is 0.662. The molecule has 1 unspecified atom stereocenters. The van der Waals surface area contributed by atoms with Crippen LogP contribution in [0.3, 0.4) is 0 Å². The van der Waals surface area contributed by atoms with E-state index in [-0.39, 0.29) is 0 Å². The predicted molar refractivity (Wildman–Crippen MR) is 88.3 cm³/mol. The maximum Gasteiger partial charge on any atom is 0.127 e. The van der Waals surface area contributed by atoms with Gasteiger partial charge < -0.3 is 10.1 Å². The Kier molecular flexibility index (Phi) is 4.46. The Bertz CT molecular complexity index is 604. The maximum atomic E-state index is 5.86. The van der Waals surface area contributed by atoms with Crippen molar-refractivity contribution in [2.45, 2.75) is 12.8 Å². The topological polar surface area (TPSA) is 21.3 Å². The minimum Gasteiger partial charge on any atom is -0.457 e. The Labute approximate surface area is 130 Å². The summed E-state index contributed by atoms with van der Waals surface area (Å²) in [5, 5.41) is 4.17. The molecule has 0 fully saturated rings. The first kappa shape index (κ1) is 14.0. The van der Waals surface area contributed by atoms with Gasteiger partial charge >= 0.3 is 0 Å². The van der Waals surface area contributed by atoms with Crippen LogP contribution in [0.2, 0.25) is 5.02 Å². The van der Waals surface area contributed by atoms with Gasteiger partial charge in [-0.25, -0.2) is 0 Å². The monoisotopic (exact) mass is 299 g/mol. The quantitative estimate of drug-likeness (QED) is 0.735. The van der Waals surface area contributed by atoms with E-state index in [0.717, 1.165) is 23.7 Å². The standard InChI is InChI=1S/C18H18ClNO/c19-15-5-9-17(10-6-15)21-18-11-7-16(8-12-18)20-13-14-3-1-2-4-14/h1,3,5-12,14,20H,2,4,13H2. The summed E-state index contributed by atoms with van der Waals surface area (Å²) in [6.45, 7) is 0.994. The van der Waals surface area contributed by atoms with Crippen molar-refractivity contribution in [1.82, 2.24) is 0 Å². The molecule has 0 heterocycles. The van der Waals surface area contributed by atoms with E-state index in [1.807, 2.05) is 48.5 Å². The molecule has 1 atom stereocenters. The number of hydrogen-bond donors (Lipinski definition) is 1. The van der Waals surface area contributed by atoms with Crippen LogP contribution in [0.1, 0.15) is 12.8 Å². The van der Waals surface area contributed by atoms with Gasteiger partial charge in [-0.2, -0.15) is 0 Å². The van der Waals surface area contributed by atoms with E-state index in [0.29, 0.717) is 10.9 Å². The summed E-state index contributed by atoms with van der Waals surface area (Å²) in [6, 6.07) is 15.4. The molecule has 0 aliphatic heterocycles. The van der Waals surface area contributed by atoms with Crippen LogP contribution >= 0.6 is 11.6 Å². The molecule has 0 radical (unpaired) electrons. The number of hydrogen-bond acceptors (Lipinski definition) is 2. The molecule has 3 rings (SSSR count). The van der Waals surface area contributed by atoms with Crippen molar-refractivity contribution in [1.29, 1.82) is 0 Å². The van der Waals surface area contributed by atoms with Gasteiger partial charge in [-0.15, -0.1) is 0 Å². The lowest BCUT2D eigenvalue weighted by molar-refractivity contribution is 0.483. The normalized spacial score (nSPS) is 16.9. The summed E-state index contributed by atoms with van der Waals surface area (Å²) in [5.74, 6) is 2.27. The molecule has 2 aromatic rings. The molecule has 3 heteroatoms. The number of halogens is 1. The molecule has 1 N–H and O–H groups in total. The molecule has 0 saturated heterocycles. The highest BCUT2D eigenvalue weighted by Gasteiger charge is 2.08. The van der Waals surface area contributed by atoms with Crippen molar-refractivity contribution < 1.29 is 4.74 Å². The molecule has 21 heavy (non-hydrogen) atoms. The van der Waals surface area contributed by atoms with Crippen LogP contribution in [0, 0.1) is 5.92 Å². The number of anilines is 1. The van der Waals surface area contributed by atoms with Gasteiger partial charge in [-0.05, 0) is 67.3 Å². The SMILES string of the molecule is Clc1ccc(Oc2ccc(NCC3C=CCC3)cc2)cc1. The minimum absolute atomic E-state index is 0.662. The Hall–Kier alpha value is -1.93. The molecule has 0 aromatic heterocycles. The molecule has 2 aromatic carbocycles. The second-order valence-corrected chi connectivity index (χ2v) is 5.66. The molecule has 1 aliphatic rings. The highest BCUT2D eigenvalue weighted by Crippen LogP contribution is 2.25. The molecule has 0 spiro atoms. The van der Waals surface area contributed by atoms with Crippen LogP contribution in [0.25, 0.3) is 0 Å². The first-order valence-corrected chi connectivity index (χ1v) is 7.61. The van der Waals surface area contributed by atoms with Crippen LogP contribution < -0.4 is 10.1 Å². The van der Waals surface area contributed by atoms with E-state index in [4.69, 9.17) is 16.3 Å². The zero-order chi connectivity index (χ0) is 14.5. The van der Waals surface area contributed by atoms with Crippen LogP contribution in [-0.2, 0) is 0 Å². The summed E-state index contributed by atoms with van der Waals surface area (Å²) in [5.41, 5.74) is 1.12. The van der Waals surface area contributed by atoms with E-state index in [9.17, 15) is 0 Å². The first-order valence-electron chi connectivity index (χ1n) is 7.23. The zero-order valence-corrected chi connectivity index (χ0v) is 12.5. The van der Waals surface area contributed by atoms with E-state index in [1.54, 1.807) is 0 Å². The van der Waals surface area contributed by atoms with Gasteiger partial charge in [0.25, 0.3) is 0 Å². The van der Waals surface area contributed by atoms with Crippen LogP contribution in [0.4, 0.5) is 5.69 Å². The summed E-state index contributed by atoms with van der Waals surface area (Å²) in [4.78, 5) is 0. The maximum absolute atomic E-state index is 5.86. The highest BCUT2D eigenvalue weighted by molar-refractivity contribution is 6.30. The summed E-state index contributed by atoms with van der Waals surface area (Å²) < 4.78 is 5.77. The highest BCUT2D eigenvalue weighted by atomic mass is 35.5. The largest absolute Gasteiger partial charge is 0.457 e. The van der Waals surface area contributed by atoms with Gasteiger partial charge in [0, 0.05) is 17.3 Å². The Morgan fingerprint density at radius 1 is 1.00 bits per heavy atom. The third-order valence-corrected chi connectivity index (χ3v) is 3.84. The molecular weight excluding hydrogens is 282 g/mol. The summed E-state index contributed by atoms with van der Waals surface area (Å²) in [7, 11) is 0. The lowest BCUT2D eigenvalue weighted by Crippen LogP contribution is -2.09. The number of allylic oxidation sites excluding steroid dienone is 1. The number of nitrogens with one attached hydrogen (secondary N) is 1.